The first-order valence-corrected chi connectivity index (χ1v) is 7.32. The number of guanidine groups is 1. The van der Waals surface area contributed by atoms with Gasteiger partial charge in [-0.2, -0.15) is 0 Å². The second-order valence-corrected chi connectivity index (χ2v) is 5.68. The summed E-state index contributed by atoms with van der Waals surface area (Å²) < 4.78 is 2.04. The lowest BCUT2D eigenvalue weighted by molar-refractivity contribution is 0.412. The maximum atomic E-state index is 5.97. The van der Waals surface area contributed by atoms with E-state index in [1.165, 1.54) is 32.1 Å². The van der Waals surface area contributed by atoms with Crippen LogP contribution in [0.1, 0.15) is 37.8 Å². The van der Waals surface area contributed by atoms with Crippen molar-refractivity contribution in [1.29, 1.82) is 0 Å². The first kappa shape index (κ1) is 14.7. The minimum atomic E-state index is 0.497. The van der Waals surface area contributed by atoms with Crippen LogP contribution in [0.4, 0.5) is 5.95 Å². The highest BCUT2D eigenvalue weighted by Crippen LogP contribution is 2.17. The van der Waals surface area contributed by atoms with E-state index in [1.807, 2.05) is 36.8 Å². The number of anilines is 1. The average Bonchev–Trinajstić information content (AvgIpc) is 2.79. The molecule has 0 aliphatic heterocycles. The molecule has 6 nitrogen and oxygen atoms in total. The van der Waals surface area contributed by atoms with E-state index in [0.717, 1.165) is 11.6 Å². The van der Waals surface area contributed by atoms with Crippen LogP contribution in [0.25, 0.3) is 0 Å². The second kappa shape index (κ2) is 6.63. The van der Waals surface area contributed by atoms with Crippen LogP contribution in [-0.4, -0.2) is 35.6 Å². The fraction of sp³-hybridized carbons (Fsp3) is 0.714. The molecule has 1 aromatic heterocycles. The summed E-state index contributed by atoms with van der Waals surface area (Å²) in [5.41, 5.74) is 7.03. The highest BCUT2D eigenvalue weighted by Gasteiger charge is 2.13. The van der Waals surface area contributed by atoms with E-state index < -0.39 is 0 Å². The quantitative estimate of drug-likeness (QED) is 0.642. The Hall–Kier alpha value is -1.72. The normalized spacial score (nSPS) is 17.2. The van der Waals surface area contributed by atoms with Gasteiger partial charge in [0.25, 0.3) is 0 Å². The van der Waals surface area contributed by atoms with E-state index in [0.29, 0.717) is 18.5 Å². The lowest BCUT2D eigenvalue weighted by Crippen LogP contribution is -2.41. The van der Waals surface area contributed by atoms with Crippen LogP contribution in [0.5, 0.6) is 0 Å². The summed E-state index contributed by atoms with van der Waals surface area (Å²) in [5, 5.41) is 3.33. The molecule has 1 aliphatic carbocycles. The van der Waals surface area contributed by atoms with Gasteiger partial charge in [0.15, 0.2) is 5.96 Å². The van der Waals surface area contributed by atoms with Crippen LogP contribution in [0.3, 0.4) is 0 Å². The van der Waals surface area contributed by atoms with Gasteiger partial charge in [0.2, 0.25) is 5.95 Å². The topological polar surface area (TPSA) is 71.5 Å². The number of rotatable bonds is 4. The molecule has 0 bridgehead atoms. The third-order valence-electron chi connectivity index (χ3n) is 3.83. The number of nitrogens with one attached hydrogen (secondary N) is 1. The van der Waals surface area contributed by atoms with Crippen molar-refractivity contribution in [1.82, 2.24) is 14.9 Å². The molecule has 1 aromatic rings. The summed E-state index contributed by atoms with van der Waals surface area (Å²) in [7, 11) is 5.96. The van der Waals surface area contributed by atoms with Crippen LogP contribution in [0.15, 0.2) is 11.2 Å². The van der Waals surface area contributed by atoms with Gasteiger partial charge in [-0.15, -0.1) is 0 Å². The molecule has 0 atom stereocenters. The predicted octanol–water partition coefficient (Wildman–Crippen LogP) is 1.22. The van der Waals surface area contributed by atoms with Gasteiger partial charge in [-0.25, -0.2) is 9.98 Å². The highest BCUT2D eigenvalue weighted by molar-refractivity contribution is 5.78. The zero-order valence-electron chi connectivity index (χ0n) is 12.8. The Kier molecular flexibility index (Phi) is 4.87. The van der Waals surface area contributed by atoms with Crippen molar-refractivity contribution < 1.29 is 0 Å². The smallest absolute Gasteiger partial charge is 0.204 e. The molecule has 3 N–H and O–H groups in total. The van der Waals surface area contributed by atoms with Gasteiger partial charge in [0.1, 0.15) is 0 Å². The number of aliphatic imine (C=N–C) groups is 1. The molecule has 112 valence electrons. The molecule has 1 saturated carbocycles. The third-order valence-corrected chi connectivity index (χ3v) is 3.83. The number of hydrogen-bond acceptors (Lipinski definition) is 3. The molecule has 20 heavy (non-hydrogen) atoms. The molecule has 0 aromatic carbocycles. The molecule has 1 heterocycles. The van der Waals surface area contributed by atoms with E-state index in [4.69, 9.17) is 5.73 Å². The Balaban J connectivity index is 1.91. The van der Waals surface area contributed by atoms with Crippen molar-refractivity contribution >= 4 is 11.9 Å². The fourth-order valence-corrected chi connectivity index (χ4v) is 2.66. The first-order chi connectivity index (χ1) is 9.58. The molecule has 0 unspecified atom stereocenters. The van der Waals surface area contributed by atoms with E-state index >= 15 is 0 Å². The summed E-state index contributed by atoms with van der Waals surface area (Å²) in [5.74, 6) is 1.47. The predicted molar refractivity (Wildman–Crippen MR) is 82.9 cm³/mol. The zero-order valence-corrected chi connectivity index (χ0v) is 12.8. The van der Waals surface area contributed by atoms with Crippen LogP contribution in [-0.2, 0) is 13.6 Å². The first-order valence-electron chi connectivity index (χ1n) is 7.32. The molecule has 2 rings (SSSR count). The van der Waals surface area contributed by atoms with Gasteiger partial charge in [0.05, 0.1) is 18.4 Å². The Labute approximate surface area is 121 Å². The van der Waals surface area contributed by atoms with Crippen molar-refractivity contribution in [3.63, 3.8) is 0 Å². The summed E-state index contributed by atoms with van der Waals surface area (Å²) in [6.45, 7) is 0.558. The number of hydrogen-bond donors (Lipinski definition) is 2. The zero-order chi connectivity index (χ0) is 14.5. The number of nitrogens with zero attached hydrogens (tertiary/aromatic N) is 4. The average molecular weight is 278 g/mol. The molecule has 0 spiro atoms. The summed E-state index contributed by atoms with van der Waals surface area (Å²) in [6, 6.07) is 0.497. The molecule has 0 radical (unpaired) electrons. The standard InChI is InChI=1S/C14H26N6/c1-19(2)14-17-10-12(20(14)3)9-16-13(15)18-11-7-5-4-6-8-11/h10-11H,4-9H2,1-3H3,(H3,15,16,18). The van der Waals surface area contributed by atoms with Gasteiger partial charge in [-0.1, -0.05) is 19.3 Å². The minimum Gasteiger partial charge on any atom is -0.370 e. The van der Waals surface area contributed by atoms with Gasteiger partial charge in [-0.3, -0.25) is 0 Å². The summed E-state index contributed by atoms with van der Waals surface area (Å²) >= 11 is 0. The Bertz CT molecular complexity index is 456. The Morgan fingerprint density at radius 3 is 2.75 bits per heavy atom. The van der Waals surface area contributed by atoms with E-state index in [-0.39, 0.29) is 0 Å². The van der Waals surface area contributed by atoms with E-state index in [2.05, 4.69) is 15.3 Å². The van der Waals surface area contributed by atoms with E-state index in [1.54, 1.807) is 0 Å². The van der Waals surface area contributed by atoms with E-state index in [9.17, 15) is 0 Å². The van der Waals surface area contributed by atoms with Gasteiger partial charge >= 0.3 is 0 Å². The van der Waals surface area contributed by atoms with Crippen LogP contribution in [0, 0.1) is 0 Å². The second-order valence-electron chi connectivity index (χ2n) is 5.68. The molecule has 6 heteroatoms. The molecule has 1 aliphatic rings. The SMILES string of the molecule is CN(C)c1ncc(CN=C(N)NC2CCCCC2)n1C. The number of aromatic nitrogens is 2. The Morgan fingerprint density at radius 1 is 1.45 bits per heavy atom. The van der Waals surface area contributed by atoms with Gasteiger partial charge < -0.3 is 20.5 Å². The molecular weight excluding hydrogens is 252 g/mol. The fourth-order valence-electron chi connectivity index (χ4n) is 2.66. The molecular formula is C14H26N6. The largest absolute Gasteiger partial charge is 0.370 e. The van der Waals surface area contributed by atoms with Crippen LogP contribution >= 0.6 is 0 Å². The Morgan fingerprint density at radius 2 is 2.15 bits per heavy atom. The van der Waals surface area contributed by atoms with Crippen molar-refractivity contribution in [2.45, 2.75) is 44.7 Å². The molecule has 0 amide bonds. The molecule has 1 fully saturated rings. The van der Waals surface area contributed by atoms with Crippen LogP contribution < -0.4 is 16.0 Å². The summed E-state index contributed by atoms with van der Waals surface area (Å²) in [4.78, 5) is 10.8. The number of imidazole rings is 1. The van der Waals surface area contributed by atoms with Gasteiger partial charge in [0, 0.05) is 27.2 Å². The lowest BCUT2D eigenvalue weighted by Gasteiger charge is -2.23. The monoisotopic (exact) mass is 278 g/mol. The van der Waals surface area contributed by atoms with Crippen LogP contribution in [0.2, 0.25) is 0 Å². The van der Waals surface area contributed by atoms with Crippen molar-refractivity contribution in [2.75, 3.05) is 19.0 Å². The molecule has 0 saturated heterocycles. The number of nitrogens with two attached hydrogens (primary N) is 1. The highest BCUT2D eigenvalue weighted by atomic mass is 15.3. The minimum absolute atomic E-state index is 0.497. The van der Waals surface area contributed by atoms with Crippen molar-refractivity contribution in [2.24, 2.45) is 17.8 Å². The lowest BCUT2D eigenvalue weighted by atomic mass is 9.96. The summed E-state index contributed by atoms with van der Waals surface area (Å²) in [6.07, 6.45) is 8.18. The third kappa shape index (κ3) is 3.65. The van der Waals surface area contributed by atoms with Crippen molar-refractivity contribution in [3.8, 4) is 0 Å². The maximum Gasteiger partial charge on any atom is 0.204 e. The maximum absolute atomic E-state index is 5.97. The van der Waals surface area contributed by atoms with Gasteiger partial charge in [-0.05, 0) is 12.8 Å². The van der Waals surface area contributed by atoms with Crippen molar-refractivity contribution in [3.05, 3.63) is 11.9 Å².